The zero-order valence-electron chi connectivity index (χ0n) is 10.9. The van der Waals surface area contributed by atoms with Gasteiger partial charge in [-0.05, 0) is 32.0 Å². The van der Waals surface area contributed by atoms with Crippen LogP contribution in [0.3, 0.4) is 0 Å². The Hall–Kier alpha value is -1.44. The average Bonchev–Trinajstić information content (AvgIpc) is 2.25. The summed E-state index contributed by atoms with van der Waals surface area (Å²) in [5.74, 6) is -2.54. The van der Waals surface area contributed by atoms with Crippen LogP contribution in [0, 0.1) is 5.82 Å². The van der Waals surface area contributed by atoms with Crippen molar-refractivity contribution in [3.8, 4) is 0 Å². The molecular weight excluding hydrogens is 300 g/mol. The maximum atomic E-state index is 13.1. The molecule has 3 nitrogen and oxygen atoms in total. The van der Waals surface area contributed by atoms with Crippen molar-refractivity contribution in [1.29, 1.82) is 0 Å². The average molecular weight is 312 g/mol. The summed E-state index contributed by atoms with van der Waals surface area (Å²) < 4.78 is 71.9. The number of carbonyl (C=O) groups excluding carboxylic acids is 1. The summed E-state index contributed by atoms with van der Waals surface area (Å²) in [6.07, 6.45) is -4.16. The van der Waals surface area contributed by atoms with Gasteiger partial charge in [0.25, 0.3) is 0 Å². The van der Waals surface area contributed by atoms with Crippen LogP contribution >= 0.6 is 0 Å². The number of sulfone groups is 1. The van der Waals surface area contributed by atoms with Gasteiger partial charge in [0.15, 0.2) is 15.6 Å². The zero-order chi connectivity index (χ0) is 15.9. The smallest absolute Gasteiger partial charge is 0.292 e. The predicted octanol–water partition coefficient (Wildman–Crippen LogP) is 2.85. The van der Waals surface area contributed by atoms with Crippen LogP contribution in [0.25, 0.3) is 0 Å². The topological polar surface area (TPSA) is 51.2 Å². The summed E-state index contributed by atoms with van der Waals surface area (Å²) in [6, 6.07) is 1.65. The number of carbonyl (C=O) groups is 1. The van der Waals surface area contributed by atoms with E-state index >= 15 is 0 Å². The molecule has 0 unspecified atom stereocenters. The molecule has 0 amide bonds. The lowest BCUT2D eigenvalue weighted by Gasteiger charge is -2.21. The molecule has 1 aromatic carbocycles. The van der Waals surface area contributed by atoms with Crippen molar-refractivity contribution in [1.82, 2.24) is 0 Å². The number of ketones is 1. The van der Waals surface area contributed by atoms with E-state index < -0.39 is 43.5 Å². The van der Waals surface area contributed by atoms with Crippen molar-refractivity contribution < 1.29 is 30.8 Å². The Balaban J connectivity index is 3.40. The minimum atomic E-state index is -4.96. The van der Waals surface area contributed by atoms with Crippen LogP contribution in [0.5, 0.6) is 0 Å². The molecule has 0 spiro atoms. The molecule has 0 atom stereocenters. The van der Waals surface area contributed by atoms with Gasteiger partial charge in [0, 0.05) is 11.8 Å². The van der Waals surface area contributed by atoms with Crippen molar-refractivity contribution in [3.05, 3.63) is 35.1 Å². The number of hydrogen-bond donors (Lipinski definition) is 0. The molecule has 0 radical (unpaired) electrons. The van der Waals surface area contributed by atoms with Gasteiger partial charge in [-0.3, -0.25) is 4.79 Å². The maximum absolute atomic E-state index is 13.1. The van der Waals surface area contributed by atoms with Crippen molar-refractivity contribution in [3.63, 3.8) is 0 Å². The third-order valence-corrected chi connectivity index (χ3v) is 5.05. The highest BCUT2D eigenvalue weighted by molar-refractivity contribution is 7.92. The molecule has 0 aromatic heterocycles. The Morgan fingerprint density at radius 3 is 2.05 bits per heavy atom. The van der Waals surface area contributed by atoms with Gasteiger partial charge in [0.05, 0.1) is 5.56 Å². The van der Waals surface area contributed by atoms with E-state index in [1.807, 2.05) is 0 Å². The molecule has 0 N–H and O–H groups in total. The first-order valence-corrected chi connectivity index (χ1v) is 7.29. The molecule has 0 aliphatic rings. The van der Waals surface area contributed by atoms with E-state index in [-0.39, 0.29) is 0 Å². The Bertz CT molecular complexity index is 645. The normalized spacial score (nSPS) is 13.3. The molecule has 1 rings (SSSR count). The number of alkyl halides is 3. The fraction of sp³-hybridized carbons (Fsp3) is 0.417. The molecule has 0 fully saturated rings. The number of Topliss-reactive ketones (excluding diaryl/α,β-unsaturated/α-hetero) is 1. The van der Waals surface area contributed by atoms with Crippen LogP contribution in [-0.4, -0.2) is 25.2 Å². The first-order chi connectivity index (χ1) is 8.78. The Morgan fingerprint density at radius 2 is 1.65 bits per heavy atom. The first kappa shape index (κ1) is 16.6. The van der Waals surface area contributed by atoms with Crippen LogP contribution in [0.2, 0.25) is 0 Å². The molecule has 112 valence electrons. The van der Waals surface area contributed by atoms with Crippen molar-refractivity contribution in [2.45, 2.75) is 24.8 Å². The molecular formula is C12H12F4O3S. The number of halogens is 4. The van der Waals surface area contributed by atoms with E-state index in [0.717, 1.165) is 26.2 Å². The summed E-state index contributed by atoms with van der Waals surface area (Å²) in [4.78, 5) is 12.0. The summed E-state index contributed by atoms with van der Waals surface area (Å²) in [6.45, 7) is 2.17. The van der Waals surface area contributed by atoms with Crippen LogP contribution in [-0.2, 0) is 16.0 Å². The fourth-order valence-corrected chi connectivity index (χ4v) is 1.85. The van der Waals surface area contributed by atoms with Crippen molar-refractivity contribution in [2.24, 2.45) is 0 Å². The zero-order valence-corrected chi connectivity index (χ0v) is 11.7. The van der Waals surface area contributed by atoms with E-state index in [2.05, 4.69) is 0 Å². The fourth-order valence-electron chi connectivity index (χ4n) is 1.40. The Morgan fingerprint density at radius 1 is 1.15 bits per heavy atom. The van der Waals surface area contributed by atoms with Gasteiger partial charge in [-0.2, -0.15) is 13.2 Å². The quantitative estimate of drug-likeness (QED) is 0.637. The van der Waals surface area contributed by atoms with E-state index in [4.69, 9.17) is 0 Å². The van der Waals surface area contributed by atoms with Gasteiger partial charge < -0.3 is 0 Å². The summed E-state index contributed by atoms with van der Waals surface area (Å²) in [5.41, 5.74) is -2.11. The second-order valence-corrected chi connectivity index (χ2v) is 7.37. The molecule has 8 heteroatoms. The van der Waals surface area contributed by atoms with Crippen LogP contribution in [0.1, 0.15) is 29.8 Å². The standard InChI is InChI=1S/C12H12F4O3S/c1-11(2,20(3,18)19)10(17)7-4-5-9(13)8(6-7)12(14,15)16/h4-6H,1-3H3. The van der Waals surface area contributed by atoms with E-state index in [1.165, 1.54) is 0 Å². The molecule has 0 aliphatic heterocycles. The molecule has 1 aromatic rings. The first-order valence-electron chi connectivity index (χ1n) is 5.39. The van der Waals surface area contributed by atoms with Gasteiger partial charge in [-0.1, -0.05) is 0 Å². The third kappa shape index (κ3) is 3.00. The minimum absolute atomic E-state index is 0.324. The predicted molar refractivity (Wildman–Crippen MR) is 64.7 cm³/mol. The maximum Gasteiger partial charge on any atom is 0.419 e. The monoisotopic (exact) mass is 312 g/mol. The summed E-state index contributed by atoms with van der Waals surface area (Å²) in [5, 5.41) is 0. The molecule has 0 aliphatic carbocycles. The van der Waals surface area contributed by atoms with E-state index in [0.29, 0.717) is 12.1 Å². The molecule has 0 heterocycles. The highest BCUT2D eigenvalue weighted by Crippen LogP contribution is 2.33. The van der Waals surface area contributed by atoms with Gasteiger partial charge in [0.1, 0.15) is 10.6 Å². The lowest BCUT2D eigenvalue weighted by molar-refractivity contribution is -0.140. The molecule has 0 bridgehead atoms. The largest absolute Gasteiger partial charge is 0.419 e. The summed E-state index contributed by atoms with van der Waals surface area (Å²) in [7, 11) is -3.83. The highest BCUT2D eigenvalue weighted by Gasteiger charge is 2.40. The third-order valence-electron chi connectivity index (χ3n) is 3.01. The Labute approximate surface area is 113 Å². The van der Waals surface area contributed by atoms with Gasteiger partial charge in [0.2, 0.25) is 0 Å². The minimum Gasteiger partial charge on any atom is -0.292 e. The van der Waals surface area contributed by atoms with Gasteiger partial charge >= 0.3 is 6.18 Å². The lowest BCUT2D eigenvalue weighted by atomic mass is 9.98. The summed E-state index contributed by atoms with van der Waals surface area (Å²) >= 11 is 0. The van der Waals surface area contributed by atoms with Crippen LogP contribution in [0.4, 0.5) is 17.6 Å². The number of hydrogen-bond acceptors (Lipinski definition) is 3. The van der Waals surface area contributed by atoms with E-state index in [1.54, 1.807) is 0 Å². The number of rotatable bonds is 3. The van der Waals surface area contributed by atoms with Crippen molar-refractivity contribution >= 4 is 15.6 Å². The number of benzene rings is 1. The second kappa shape index (κ2) is 4.83. The van der Waals surface area contributed by atoms with Crippen LogP contribution < -0.4 is 0 Å². The van der Waals surface area contributed by atoms with Crippen molar-refractivity contribution in [2.75, 3.05) is 6.26 Å². The second-order valence-electron chi connectivity index (χ2n) is 4.80. The van der Waals surface area contributed by atoms with Gasteiger partial charge in [-0.15, -0.1) is 0 Å². The lowest BCUT2D eigenvalue weighted by Crippen LogP contribution is -2.40. The van der Waals surface area contributed by atoms with Crippen LogP contribution in [0.15, 0.2) is 18.2 Å². The molecule has 0 saturated heterocycles. The Kier molecular flexibility index (Phi) is 4.02. The SMILES string of the molecule is CC(C)(C(=O)c1ccc(F)c(C(F)(F)F)c1)S(C)(=O)=O. The molecule has 0 saturated carbocycles. The highest BCUT2D eigenvalue weighted by atomic mass is 32.2. The van der Waals surface area contributed by atoms with E-state index in [9.17, 15) is 30.8 Å². The van der Waals surface area contributed by atoms with Gasteiger partial charge in [-0.25, -0.2) is 12.8 Å². The molecule has 20 heavy (non-hydrogen) atoms.